The van der Waals surface area contributed by atoms with Gasteiger partial charge in [0.25, 0.3) is 0 Å². The normalized spacial score (nSPS) is 30.5. The molecule has 0 aliphatic heterocycles. The molecule has 0 heteroatoms. The number of hydrogen-bond donors (Lipinski definition) is 0. The van der Waals surface area contributed by atoms with E-state index in [1.165, 1.54) is 25.7 Å². The maximum atomic E-state index is 3.00. The van der Waals surface area contributed by atoms with Crippen molar-refractivity contribution in [2.24, 2.45) is 17.8 Å². The van der Waals surface area contributed by atoms with E-state index in [9.17, 15) is 0 Å². The average Bonchev–Trinajstić information content (AvgIpc) is 2.24. The number of hydrogen-bond acceptors (Lipinski definition) is 0. The van der Waals surface area contributed by atoms with Gasteiger partial charge in [0.15, 0.2) is 0 Å². The van der Waals surface area contributed by atoms with E-state index in [0.717, 1.165) is 17.8 Å². The third kappa shape index (κ3) is 5.47. The van der Waals surface area contributed by atoms with Crippen molar-refractivity contribution < 1.29 is 0 Å². The van der Waals surface area contributed by atoms with Crippen LogP contribution in [0.25, 0.3) is 0 Å². The Labute approximate surface area is 91.8 Å². The molecular formula is C14H30. The van der Waals surface area contributed by atoms with Crippen LogP contribution >= 0.6 is 0 Å². The molecule has 0 nitrogen and oxygen atoms in total. The van der Waals surface area contributed by atoms with Gasteiger partial charge in [-0.25, -0.2) is 0 Å². The second-order valence-corrected chi connectivity index (χ2v) is 3.96. The molecule has 1 aliphatic rings. The molecule has 2 atom stereocenters. The minimum absolute atomic E-state index is 0.994. The molecule has 0 amide bonds. The molecule has 0 aromatic carbocycles. The van der Waals surface area contributed by atoms with Crippen LogP contribution in [0, 0.1) is 17.8 Å². The maximum absolute atomic E-state index is 3.00. The van der Waals surface area contributed by atoms with Crippen LogP contribution in [-0.4, -0.2) is 0 Å². The van der Waals surface area contributed by atoms with E-state index in [0.29, 0.717) is 0 Å². The second kappa shape index (κ2) is 10.8. The maximum Gasteiger partial charge on any atom is -0.0365 e. The Morgan fingerprint density at radius 2 is 1.36 bits per heavy atom. The predicted molar refractivity (Wildman–Crippen MR) is 68.6 cm³/mol. The molecule has 1 rings (SSSR count). The van der Waals surface area contributed by atoms with Crippen molar-refractivity contribution in [1.82, 2.24) is 0 Å². The zero-order chi connectivity index (χ0) is 11.6. The van der Waals surface area contributed by atoms with Crippen molar-refractivity contribution in [3.63, 3.8) is 0 Å². The van der Waals surface area contributed by atoms with Gasteiger partial charge in [-0.05, 0) is 17.8 Å². The molecule has 86 valence electrons. The van der Waals surface area contributed by atoms with Crippen LogP contribution in [0.3, 0.4) is 0 Å². The summed E-state index contributed by atoms with van der Waals surface area (Å²) in [6, 6.07) is 0. The fraction of sp³-hybridized carbons (Fsp3) is 0.857. The fourth-order valence-corrected chi connectivity index (χ4v) is 2.56. The van der Waals surface area contributed by atoms with Gasteiger partial charge in [0.1, 0.15) is 0 Å². The summed E-state index contributed by atoms with van der Waals surface area (Å²) >= 11 is 0. The average molecular weight is 198 g/mol. The van der Waals surface area contributed by atoms with Gasteiger partial charge >= 0.3 is 0 Å². The van der Waals surface area contributed by atoms with Gasteiger partial charge in [-0.3, -0.25) is 0 Å². The SMILES string of the molecule is C=C.CC.CCC1C(C)CCCC1C. The first-order chi connectivity index (χ1) is 6.75. The number of rotatable bonds is 1. The molecule has 2 unspecified atom stereocenters. The van der Waals surface area contributed by atoms with Crippen molar-refractivity contribution >= 4 is 0 Å². The quantitative estimate of drug-likeness (QED) is 0.502. The van der Waals surface area contributed by atoms with Crippen molar-refractivity contribution in [2.75, 3.05) is 0 Å². The summed E-state index contributed by atoms with van der Waals surface area (Å²) in [7, 11) is 0. The summed E-state index contributed by atoms with van der Waals surface area (Å²) in [5, 5.41) is 0. The Kier molecular flexibility index (Phi) is 12.5. The molecule has 0 N–H and O–H groups in total. The van der Waals surface area contributed by atoms with E-state index < -0.39 is 0 Å². The largest absolute Gasteiger partial charge is 0.106 e. The van der Waals surface area contributed by atoms with E-state index >= 15 is 0 Å². The van der Waals surface area contributed by atoms with Crippen LogP contribution in [-0.2, 0) is 0 Å². The van der Waals surface area contributed by atoms with Crippen LogP contribution in [0.15, 0.2) is 13.2 Å². The molecule has 1 aliphatic carbocycles. The Morgan fingerprint density at radius 1 is 1.00 bits per heavy atom. The predicted octanol–water partition coefficient (Wildman–Crippen LogP) is 5.30. The highest BCUT2D eigenvalue weighted by atomic mass is 14.3. The molecule has 14 heavy (non-hydrogen) atoms. The van der Waals surface area contributed by atoms with Crippen molar-refractivity contribution in [1.29, 1.82) is 0 Å². The van der Waals surface area contributed by atoms with E-state index in [4.69, 9.17) is 0 Å². The Hall–Kier alpha value is -0.260. The molecule has 0 saturated heterocycles. The monoisotopic (exact) mass is 198 g/mol. The highest BCUT2D eigenvalue weighted by molar-refractivity contribution is 4.76. The Morgan fingerprint density at radius 3 is 1.57 bits per heavy atom. The Bertz CT molecular complexity index is 96.6. The topological polar surface area (TPSA) is 0 Å². The highest BCUT2D eigenvalue weighted by Gasteiger charge is 2.25. The lowest BCUT2D eigenvalue weighted by Crippen LogP contribution is -2.23. The van der Waals surface area contributed by atoms with Gasteiger partial charge in [-0.1, -0.05) is 60.3 Å². The van der Waals surface area contributed by atoms with E-state index in [1.54, 1.807) is 0 Å². The first-order valence-corrected chi connectivity index (χ1v) is 6.25. The molecule has 0 heterocycles. The van der Waals surface area contributed by atoms with Gasteiger partial charge in [-0.2, -0.15) is 0 Å². The van der Waals surface area contributed by atoms with E-state index in [1.807, 2.05) is 13.8 Å². The first kappa shape index (κ1) is 16.2. The fourth-order valence-electron chi connectivity index (χ4n) is 2.56. The summed E-state index contributed by atoms with van der Waals surface area (Å²) < 4.78 is 0. The van der Waals surface area contributed by atoms with Gasteiger partial charge in [-0.15, -0.1) is 13.2 Å². The summed E-state index contributed by atoms with van der Waals surface area (Å²) in [5.74, 6) is 3.01. The Balaban J connectivity index is 0. The molecule has 0 spiro atoms. The van der Waals surface area contributed by atoms with Gasteiger partial charge in [0.2, 0.25) is 0 Å². The zero-order valence-corrected chi connectivity index (χ0v) is 11.0. The lowest BCUT2D eigenvalue weighted by Gasteiger charge is -2.33. The van der Waals surface area contributed by atoms with Crippen LogP contribution < -0.4 is 0 Å². The van der Waals surface area contributed by atoms with Gasteiger partial charge < -0.3 is 0 Å². The van der Waals surface area contributed by atoms with Crippen LogP contribution in [0.4, 0.5) is 0 Å². The van der Waals surface area contributed by atoms with Crippen molar-refractivity contribution in [3.05, 3.63) is 13.2 Å². The van der Waals surface area contributed by atoms with E-state index in [2.05, 4.69) is 33.9 Å². The molecule has 0 aromatic rings. The van der Waals surface area contributed by atoms with Gasteiger partial charge in [0.05, 0.1) is 0 Å². The summed E-state index contributed by atoms with van der Waals surface area (Å²) in [5.41, 5.74) is 0. The lowest BCUT2D eigenvalue weighted by atomic mass is 9.72. The first-order valence-electron chi connectivity index (χ1n) is 6.25. The summed E-state index contributed by atoms with van der Waals surface area (Å²) in [6.45, 7) is 17.2. The smallest absolute Gasteiger partial charge is 0.0365 e. The van der Waals surface area contributed by atoms with E-state index in [-0.39, 0.29) is 0 Å². The third-order valence-electron chi connectivity index (χ3n) is 3.25. The van der Waals surface area contributed by atoms with Crippen LogP contribution in [0.1, 0.15) is 60.3 Å². The molecule has 1 saturated carbocycles. The molecular weight excluding hydrogens is 168 g/mol. The van der Waals surface area contributed by atoms with Crippen molar-refractivity contribution in [2.45, 2.75) is 60.3 Å². The lowest BCUT2D eigenvalue weighted by molar-refractivity contribution is 0.174. The zero-order valence-electron chi connectivity index (χ0n) is 11.0. The minimum atomic E-state index is 0.994. The molecule has 1 fully saturated rings. The van der Waals surface area contributed by atoms with Crippen LogP contribution in [0.2, 0.25) is 0 Å². The van der Waals surface area contributed by atoms with Crippen LogP contribution in [0.5, 0.6) is 0 Å². The highest BCUT2D eigenvalue weighted by Crippen LogP contribution is 2.35. The molecule has 0 aromatic heterocycles. The third-order valence-corrected chi connectivity index (χ3v) is 3.25. The minimum Gasteiger partial charge on any atom is -0.106 e. The molecule has 0 radical (unpaired) electrons. The standard InChI is InChI=1S/C10H20.C2H6.C2H4/c1-4-10-8(2)6-5-7-9(10)3;2*1-2/h8-10H,4-7H2,1-3H3;1-2H3;1-2H2. The second-order valence-electron chi connectivity index (χ2n) is 3.96. The van der Waals surface area contributed by atoms with Gasteiger partial charge in [0, 0.05) is 0 Å². The summed E-state index contributed by atoms with van der Waals surface area (Å²) in [4.78, 5) is 0. The van der Waals surface area contributed by atoms with Crippen molar-refractivity contribution in [3.8, 4) is 0 Å². The molecule has 0 bridgehead atoms. The summed E-state index contributed by atoms with van der Waals surface area (Å²) in [6.07, 6.45) is 5.81.